The van der Waals surface area contributed by atoms with Crippen LogP contribution in [0.5, 0.6) is 0 Å². The average Bonchev–Trinajstić information content (AvgIpc) is 3.55. The van der Waals surface area contributed by atoms with Crippen LogP contribution in [0.15, 0.2) is 48.8 Å². The summed E-state index contributed by atoms with van der Waals surface area (Å²) in [5, 5.41) is 8.55. The second kappa shape index (κ2) is 9.04. The van der Waals surface area contributed by atoms with Crippen molar-refractivity contribution >= 4 is 17.5 Å². The van der Waals surface area contributed by atoms with E-state index in [0.29, 0.717) is 16.5 Å². The van der Waals surface area contributed by atoms with Crippen molar-refractivity contribution in [2.75, 3.05) is 13.1 Å². The monoisotopic (exact) mass is 449 g/mol. The summed E-state index contributed by atoms with van der Waals surface area (Å²) in [5.41, 5.74) is 4.73. The highest BCUT2D eigenvalue weighted by atomic mass is 35.5. The highest BCUT2D eigenvalue weighted by Crippen LogP contribution is 2.42. The number of likely N-dealkylation sites (tertiary alicyclic amines) is 1. The third-order valence-corrected chi connectivity index (χ3v) is 6.86. The number of hydrogen-bond acceptors (Lipinski definition) is 4. The summed E-state index contributed by atoms with van der Waals surface area (Å²) >= 11 is 6.34. The molecule has 1 N–H and O–H groups in total. The standard InChI is InChI=1S/C25H28ClN5O/c1-17-5-8-21(14-23(17)26)31-24(18-6-7-18)22(15-28-31)25(32)29-19-9-12-30(13-10-19)16-20-4-2-3-11-27-20/h2-5,8,11,14-15,18-19H,6-7,9-10,12-13,16H2,1H3,(H,29,32). The van der Waals surface area contributed by atoms with Gasteiger partial charge in [0.25, 0.3) is 5.91 Å². The van der Waals surface area contributed by atoms with Gasteiger partial charge < -0.3 is 5.32 Å². The summed E-state index contributed by atoms with van der Waals surface area (Å²) in [4.78, 5) is 20.0. The SMILES string of the molecule is Cc1ccc(-n2ncc(C(=O)NC3CCN(Cc4ccccn4)CC3)c2C2CC2)cc1Cl. The number of carbonyl (C=O) groups is 1. The number of carbonyl (C=O) groups excluding carboxylic acids is 1. The van der Waals surface area contributed by atoms with Crippen LogP contribution in [0.25, 0.3) is 5.69 Å². The van der Waals surface area contributed by atoms with Crippen molar-refractivity contribution in [3.8, 4) is 5.69 Å². The molecule has 166 valence electrons. The molecule has 0 atom stereocenters. The number of benzene rings is 1. The summed E-state index contributed by atoms with van der Waals surface area (Å²) in [6.45, 7) is 4.76. The molecule has 3 aromatic rings. The first-order valence-electron chi connectivity index (χ1n) is 11.4. The maximum Gasteiger partial charge on any atom is 0.255 e. The van der Waals surface area contributed by atoms with Gasteiger partial charge in [0.15, 0.2) is 0 Å². The zero-order valence-corrected chi connectivity index (χ0v) is 19.1. The van der Waals surface area contributed by atoms with Crippen LogP contribution in [0.1, 0.15) is 58.9 Å². The molecular weight excluding hydrogens is 422 g/mol. The van der Waals surface area contributed by atoms with Crippen molar-refractivity contribution in [3.05, 3.63) is 76.3 Å². The zero-order valence-electron chi connectivity index (χ0n) is 18.3. The predicted molar refractivity (Wildman–Crippen MR) is 125 cm³/mol. The van der Waals surface area contributed by atoms with E-state index in [2.05, 4.69) is 26.4 Å². The first-order chi connectivity index (χ1) is 15.6. The Morgan fingerprint density at radius 2 is 1.97 bits per heavy atom. The number of halogens is 1. The molecule has 1 aliphatic carbocycles. The topological polar surface area (TPSA) is 63.1 Å². The molecule has 6 nitrogen and oxygen atoms in total. The van der Waals surface area contributed by atoms with E-state index in [1.807, 2.05) is 48.1 Å². The van der Waals surface area contributed by atoms with Crippen molar-refractivity contribution in [2.24, 2.45) is 0 Å². The summed E-state index contributed by atoms with van der Waals surface area (Å²) in [5.74, 6) is 0.373. The molecule has 1 saturated heterocycles. The minimum absolute atomic E-state index is 0.0143. The number of nitrogens with one attached hydrogen (secondary N) is 1. The highest BCUT2D eigenvalue weighted by molar-refractivity contribution is 6.31. The summed E-state index contributed by atoms with van der Waals surface area (Å²) < 4.78 is 1.90. The zero-order chi connectivity index (χ0) is 22.1. The van der Waals surface area contributed by atoms with E-state index in [9.17, 15) is 4.79 Å². The minimum Gasteiger partial charge on any atom is -0.349 e. The Hall–Kier alpha value is -2.70. The largest absolute Gasteiger partial charge is 0.349 e. The maximum atomic E-state index is 13.2. The second-order valence-electron chi connectivity index (χ2n) is 8.91. The quantitative estimate of drug-likeness (QED) is 0.601. The number of aryl methyl sites for hydroxylation is 1. The van der Waals surface area contributed by atoms with Gasteiger partial charge in [0.05, 0.1) is 28.8 Å². The van der Waals surface area contributed by atoms with Crippen LogP contribution >= 0.6 is 11.6 Å². The molecule has 1 aromatic carbocycles. The summed E-state index contributed by atoms with van der Waals surface area (Å²) in [6, 6.07) is 12.1. The molecule has 2 aliphatic rings. The van der Waals surface area contributed by atoms with Crippen LogP contribution < -0.4 is 5.32 Å². The van der Waals surface area contributed by atoms with Gasteiger partial charge in [-0.2, -0.15) is 5.10 Å². The Labute approximate surface area is 193 Å². The van der Waals surface area contributed by atoms with Gasteiger partial charge in [0.2, 0.25) is 0 Å². The number of hydrogen-bond donors (Lipinski definition) is 1. The fraction of sp³-hybridized carbons (Fsp3) is 0.400. The van der Waals surface area contributed by atoms with Crippen LogP contribution in [0.2, 0.25) is 5.02 Å². The smallest absolute Gasteiger partial charge is 0.255 e. The fourth-order valence-electron chi connectivity index (χ4n) is 4.42. The van der Waals surface area contributed by atoms with Crippen molar-refractivity contribution < 1.29 is 4.79 Å². The van der Waals surface area contributed by atoms with Gasteiger partial charge in [0, 0.05) is 42.8 Å². The van der Waals surface area contributed by atoms with E-state index in [-0.39, 0.29) is 11.9 Å². The molecule has 0 unspecified atom stereocenters. The summed E-state index contributed by atoms with van der Waals surface area (Å²) in [6.07, 6.45) is 7.63. The number of amides is 1. The molecule has 3 heterocycles. The van der Waals surface area contributed by atoms with Gasteiger partial charge in [-0.15, -0.1) is 0 Å². The molecule has 5 rings (SSSR count). The van der Waals surface area contributed by atoms with Gasteiger partial charge in [-0.05, 0) is 62.4 Å². The molecule has 7 heteroatoms. The molecule has 0 bridgehead atoms. The Balaban J connectivity index is 1.25. The van der Waals surface area contributed by atoms with Gasteiger partial charge in [0.1, 0.15) is 0 Å². The first-order valence-corrected chi connectivity index (χ1v) is 11.7. The van der Waals surface area contributed by atoms with Crippen LogP contribution in [0.3, 0.4) is 0 Å². The molecule has 0 radical (unpaired) electrons. The van der Waals surface area contributed by atoms with Gasteiger partial charge in [-0.1, -0.05) is 23.7 Å². The molecule has 0 spiro atoms. The van der Waals surface area contributed by atoms with E-state index in [4.69, 9.17) is 11.6 Å². The Kier molecular flexibility index (Phi) is 5.98. The van der Waals surface area contributed by atoms with Gasteiger partial charge in [-0.25, -0.2) is 4.68 Å². The van der Waals surface area contributed by atoms with E-state index >= 15 is 0 Å². The van der Waals surface area contributed by atoms with E-state index in [1.54, 1.807) is 6.20 Å². The normalized spacial score (nSPS) is 17.4. The molecule has 1 saturated carbocycles. The third-order valence-electron chi connectivity index (χ3n) is 6.45. The maximum absolute atomic E-state index is 13.2. The van der Waals surface area contributed by atoms with Crippen molar-refractivity contribution in [1.29, 1.82) is 0 Å². The second-order valence-corrected chi connectivity index (χ2v) is 9.32. The van der Waals surface area contributed by atoms with Gasteiger partial charge >= 0.3 is 0 Å². The lowest BCUT2D eigenvalue weighted by Crippen LogP contribution is -2.44. The fourth-order valence-corrected chi connectivity index (χ4v) is 4.60. The van der Waals surface area contributed by atoms with Crippen LogP contribution in [0, 0.1) is 6.92 Å². The van der Waals surface area contributed by atoms with Crippen molar-refractivity contribution in [1.82, 2.24) is 25.0 Å². The molecule has 1 aliphatic heterocycles. The number of pyridine rings is 1. The lowest BCUT2D eigenvalue weighted by Gasteiger charge is -2.32. The van der Waals surface area contributed by atoms with Crippen molar-refractivity contribution in [3.63, 3.8) is 0 Å². The molecule has 2 fully saturated rings. The van der Waals surface area contributed by atoms with Crippen LogP contribution in [0.4, 0.5) is 0 Å². The Morgan fingerprint density at radius 3 is 2.66 bits per heavy atom. The van der Waals surface area contributed by atoms with E-state index < -0.39 is 0 Å². The lowest BCUT2D eigenvalue weighted by molar-refractivity contribution is 0.0907. The van der Waals surface area contributed by atoms with Gasteiger partial charge in [-0.3, -0.25) is 14.7 Å². The first kappa shape index (κ1) is 21.2. The predicted octanol–water partition coefficient (Wildman–Crippen LogP) is 4.50. The summed E-state index contributed by atoms with van der Waals surface area (Å²) in [7, 11) is 0. The van der Waals surface area contributed by atoms with Crippen LogP contribution in [-0.4, -0.2) is 44.7 Å². The number of piperidine rings is 1. The minimum atomic E-state index is -0.0143. The van der Waals surface area contributed by atoms with Crippen LogP contribution in [-0.2, 0) is 6.54 Å². The lowest BCUT2D eigenvalue weighted by atomic mass is 10.0. The third kappa shape index (κ3) is 4.57. The Morgan fingerprint density at radius 1 is 1.16 bits per heavy atom. The number of aromatic nitrogens is 3. The number of nitrogens with zero attached hydrogens (tertiary/aromatic N) is 4. The molecule has 2 aromatic heterocycles. The highest BCUT2D eigenvalue weighted by Gasteiger charge is 2.33. The van der Waals surface area contributed by atoms with E-state index in [0.717, 1.165) is 68.0 Å². The Bertz CT molecular complexity index is 1100. The molecule has 1 amide bonds. The molecular formula is C25H28ClN5O. The molecule has 32 heavy (non-hydrogen) atoms. The van der Waals surface area contributed by atoms with E-state index in [1.165, 1.54) is 0 Å². The average molecular weight is 450 g/mol. The van der Waals surface area contributed by atoms with Crippen molar-refractivity contribution in [2.45, 2.75) is 51.1 Å². The number of rotatable bonds is 6.